The minimum absolute atomic E-state index is 0.645. The molecule has 2 aromatic rings. The van der Waals surface area contributed by atoms with E-state index in [1.807, 2.05) is 42.1 Å². The van der Waals surface area contributed by atoms with Crippen molar-refractivity contribution in [2.24, 2.45) is 7.05 Å². The zero-order chi connectivity index (χ0) is 12.8. The van der Waals surface area contributed by atoms with Gasteiger partial charge in [0.15, 0.2) is 0 Å². The monoisotopic (exact) mass is 309 g/mol. The van der Waals surface area contributed by atoms with E-state index in [1.165, 1.54) is 0 Å². The maximum absolute atomic E-state index is 5.60. The number of aryl methyl sites for hydroxylation is 1. The Kier molecular flexibility index (Phi) is 4.78. The molecule has 4 nitrogen and oxygen atoms in total. The van der Waals surface area contributed by atoms with Crippen LogP contribution in [0.15, 0.2) is 41.1 Å². The van der Waals surface area contributed by atoms with Gasteiger partial charge in [0.1, 0.15) is 18.2 Å². The van der Waals surface area contributed by atoms with Crippen LogP contribution in [0.5, 0.6) is 5.75 Å². The van der Waals surface area contributed by atoms with Crippen molar-refractivity contribution in [1.82, 2.24) is 14.9 Å². The Morgan fingerprint density at radius 3 is 2.78 bits per heavy atom. The summed E-state index contributed by atoms with van der Waals surface area (Å²) in [5.74, 6) is 1.91. The minimum atomic E-state index is 0.645. The van der Waals surface area contributed by atoms with Crippen LogP contribution in [0.2, 0.25) is 0 Å². The SMILES string of the molecule is Cn1ccnc1CNCCOc1ccc(Br)cc1. The summed E-state index contributed by atoms with van der Waals surface area (Å²) in [6.07, 6.45) is 3.74. The molecule has 0 spiro atoms. The summed E-state index contributed by atoms with van der Waals surface area (Å²) in [7, 11) is 1.99. The van der Waals surface area contributed by atoms with E-state index in [9.17, 15) is 0 Å². The fraction of sp³-hybridized carbons (Fsp3) is 0.308. The summed E-state index contributed by atoms with van der Waals surface area (Å²) < 4.78 is 8.66. The third-order valence-corrected chi connectivity index (χ3v) is 3.09. The molecule has 0 saturated heterocycles. The van der Waals surface area contributed by atoms with Gasteiger partial charge in [-0.2, -0.15) is 0 Å². The van der Waals surface area contributed by atoms with Gasteiger partial charge in [0.2, 0.25) is 0 Å². The van der Waals surface area contributed by atoms with E-state index in [0.717, 1.165) is 29.1 Å². The first-order valence-corrected chi connectivity index (χ1v) is 6.60. The number of ether oxygens (including phenoxy) is 1. The molecular formula is C13H16BrN3O. The van der Waals surface area contributed by atoms with Gasteiger partial charge in [-0.25, -0.2) is 4.98 Å². The molecule has 0 amide bonds. The predicted molar refractivity (Wildman–Crippen MR) is 74.6 cm³/mol. The van der Waals surface area contributed by atoms with Crippen molar-refractivity contribution >= 4 is 15.9 Å². The highest BCUT2D eigenvalue weighted by Crippen LogP contribution is 2.15. The summed E-state index contributed by atoms with van der Waals surface area (Å²) in [5.41, 5.74) is 0. The number of rotatable bonds is 6. The Labute approximate surface area is 115 Å². The molecular weight excluding hydrogens is 294 g/mol. The van der Waals surface area contributed by atoms with Crippen molar-refractivity contribution in [1.29, 1.82) is 0 Å². The van der Waals surface area contributed by atoms with Gasteiger partial charge in [-0.05, 0) is 24.3 Å². The number of hydrogen-bond donors (Lipinski definition) is 1. The molecule has 0 atom stereocenters. The van der Waals surface area contributed by atoms with E-state index < -0.39 is 0 Å². The van der Waals surface area contributed by atoms with Gasteiger partial charge in [-0.15, -0.1) is 0 Å². The summed E-state index contributed by atoms with van der Waals surface area (Å²) in [6.45, 7) is 2.20. The fourth-order valence-electron chi connectivity index (χ4n) is 1.54. The number of hydrogen-bond acceptors (Lipinski definition) is 3. The van der Waals surface area contributed by atoms with Crippen molar-refractivity contribution in [2.75, 3.05) is 13.2 Å². The van der Waals surface area contributed by atoms with Crippen LogP contribution in [0.3, 0.4) is 0 Å². The van der Waals surface area contributed by atoms with E-state index in [2.05, 4.69) is 26.2 Å². The summed E-state index contributed by atoms with van der Waals surface area (Å²) in [6, 6.07) is 7.83. The first-order valence-electron chi connectivity index (χ1n) is 5.81. The Morgan fingerprint density at radius 1 is 1.33 bits per heavy atom. The second-order valence-electron chi connectivity index (χ2n) is 3.93. The zero-order valence-corrected chi connectivity index (χ0v) is 11.9. The first kappa shape index (κ1) is 13.1. The molecule has 0 fully saturated rings. The lowest BCUT2D eigenvalue weighted by Crippen LogP contribution is -2.22. The van der Waals surface area contributed by atoms with Crippen molar-refractivity contribution in [2.45, 2.75) is 6.54 Å². The van der Waals surface area contributed by atoms with Gasteiger partial charge in [0.05, 0.1) is 6.54 Å². The standard InChI is InChI=1S/C13H16BrN3O/c1-17-8-6-16-13(17)10-15-7-9-18-12-4-2-11(14)3-5-12/h2-6,8,15H,7,9-10H2,1H3. The molecule has 1 aromatic heterocycles. The van der Waals surface area contributed by atoms with Gasteiger partial charge in [-0.1, -0.05) is 15.9 Å². The van der Waals surface area contributed by atoms with Gasteiger partial charge in [-0.3, -0.25) is 0 Å². The minimum Gasteiger partial charge on any atom is -0.492 e. The number of nitrogens with zero attached hydrogens (tertiary/aromatic N) is 2. The predicted octanol–water partition coefficient (Wildman–Crippen LogP) is 2.35. The van der Waals surface area contributed by atoms with E-state index in [0.29, 0.717) is 6.61 Å². The molecule has 0 aliphatic rings. The number of aromatic nitrogens is 2. The van der Waals surface area contributed by atoms with Crippen molar-refractivity contribution in [3.05, 3.63) is 47.0 Å². The number of halogens is 1. The average molecular weight is 310 g/mol. The molecule has 18 heavy (non-hydrogen) atoms. The smallest absolute Gasteiger partial charge is 0.122 e. The summed E-state index contributed by atoms with van der Waals surface area (Å²) >= 11 is 3.39. The Bertz CT molecular complexity index is 481. The molecule has 96 valence electrons. The van der Waals surface area contributed by atoms with Crippen LogP contribution in [0.4, 0.5) is 0 Å². The molecule has 1 aromatic carbocycles. The largest absolute Gasteiger partial charge is 0.492 e. The second kappa shape index (κ2) is 6.56. The van der Waals surface area contributed by atoms with Gasteiger partial charge < -0.3 is 14.6 Å². The van der Waals surface area contributed by atoms with E-state index in [1.54, 1.807) is 6.20 Å². The zero-order valence-electron chi connectivity index (χ0n) is 10.3. The summed E-state index contributed by atoms with van der Waals surface area (Å²) in [4.78, 5) is 4.24. The van der Waals surface area contributed by atoms with Crippen LogP contribution in [-0.4, -0.2) is 22.7 Å². The molecule has 0 aliphatic heterocycles. The van der Waals surface area contributed by atoms with Crippen LogP contribution in [0.1, 0.15) is 5.82 Å². The third-order valence-electron chi connectivity index (χ3n) is 2.57. The van der Waals surface area contributed by atoms with Gasteiger partial charge in [0.25, 0.3) is 0 Å². The third kappa shape index (κ3) is 3.85. The Balaban J connectivity index is 1.64. The van der Waals surface area contributed by atoms with Crippen LogP contribution in [-0.2, 0) is 13.6 Å². The average Bonchev–Trinajstić information content (AvgIpc) is 2.77. The number of benzene rings is 1. The Morgan fingerprint density at radius 2 is 2.11 bits per heavy atom. The van der Waals surface area contributed by atoms with Gasteiger partial charge in [0, 0.05) is 30.5 Å². The molecule has 0 aliphatic carbocycles. The van der Waals surface area contributed by atoms with E-state index in [4.69, 9.17) is 4.74 Å². The highest BCUT2D eigenvalue weighted by molar-refractivity contribution is 9.10. The highest BCUT2D eigenvalue weighted by Gasteiger charge is 1.98. The Hall–Kier alpha value is -1.33. The summed E-state index contributed by atoms with van der Waals surface area (Å²) in [5, 5.41) is 3.29. The van der Waals surface area contributed by atoms with Crippen molar-refractivity contribution in [3.8, 4) is 5.75 Å². The van der Waals surface area contributed by atoms with Crippen molar-refractivity contribution in [3.63, 3.8) is 0 Å². The topological polar surface area (TPSA) is 39.1 Å². The van der Waals surface area contributed by atoms with Crippen LogP contribution >= 0.6 is 15.9 Å². The highest BCUT2D eigenvalue weighted by atomic mass is 79.9. The lowest BCUT2D eigenvalue weighted by Gasteiger charge is -2.07. The lowest BCUT2D eigenvalue weighted by molar-refractivity contribution is 0.312. The molecule has 1 N–H and O–H groups in total. The van der Waals surface area contributed by atoms with Crippen LogP contribution < -0.4 is 10.1 Å². The van der Waals surface area contributed by atoms with E-state index in [-0.39, 0.29) is 0 Å². The maximum Gasteiger partial charge on any atom is 0.122 e. The van der Waals surface area contributed by atoms with Crippen molar-refractivity contribution < 1.29 is 4.74 Å². The quantitative estimate of drug-likeness (QED) is 0.833. The molecule has 5 heteroatoms. The molecule has 2 rings (SSSR count). The van der Waals surface area contributed by atoms with E-state index >= 15 is 0 Å². The molecule has 0 bridgehead atoms. The van der Waals surface area contributed by atoms with Crippen LogP contribution in [0.25, 0.3) is 0 Å². The normalized spacial score (nSPS) is 10.6. The van der Waals surface area contributed by atoms with Crippen LogP contribution in [0, 0.1) is 0 Å². The molecule has 0 radical (unpaired) electrons. The lowest BCUT2D eigenvalue weighted by atomic mass is 10.3. The fourth-order valence-corrected chi connectivity index (χ4v) is 1.80. The molecule has 0 saturated carbocycles. The second-order valence-corrected chi connectivity index (χ2v) is 4.85. The first-order chi connectivity index (χ1) is 8.75. The molecule has 0 unspecified atom stereocenters. The number of imidazole rings is 1. The number of nitrogens with one attached hydrogen (secondary N) is 1. The maximum atomic E-state index is 5.60. The molecule has 1 heterocycles. The van der Waals surface area contributed by atoms with Gasteiger partial charge >= 0.3 is 0 Å².